The van der Waals surface area contributed by atoms with E-state index in [0.717, 1.165) is 12.8 Å². The number of hydrogen-bond acceptors (Lipinski definition) is 10. The number of hydrogen-bond donors (Lipinski definition) is 8. The maximum absolute atomic E-state index is 13.6. The number of carbonyl (C=O) groups excluding carboxylic acids is 2. The van der Waals surface area contributed by atoms with E-state index in [1.165, 1.54) is 83.5 Å². The van der Waals surface area contributed by atoms with Gasteiger partial charge in [0.25, 0.3) is 11.8 Å². The van der Waals surface area contributed by atoms with Gasteiger partial charge in [0.15, 0.2) is 0 Å². The van der Waals surface area contributed by atoms with Crippen molar-refractivity contribution in [1.82, 2.24) is 47.4 Å². The predicted molar refractivity (Wildman–Crippen MR) is 198 cm³/mol. The summed E-state index contributed by atoms with van der Waals surface area (Å²) in [6, 6.07) is 7.39. The summed E-state index contributed by atoms with van der Waals surface area (Å²) in [5, 5.41) is 33.8. The quantitative estimate of drug-likeness (QED) is 0.168. The van der Waals surface area contributed by atoms with Crippen LogP contribution in [0.4, 0.5) is 0 Å². The van der Waals surface area contributed by atoms with Gasteiger partial charge in [-0.2, -0.15) is 0 Å². The van der Waals surface area contributed by atoms with Crippen molar-refractivity contribution in [2.24, 2.45) is 53.3 Å². The molecular formula is C41H61CuN9O2. The average molecular weight is 776 g/mol. The third-order valence-corrected chi connectivity index (χ3v) is 16.3. The molecule has 12 heteroatoms. The van der Waals surface area contributed by atoms with Crippen molar-refractivity contribution in [2.45, 2.75) is 146 Å². The first-order valence-corrected chi connectivity index (χ1v) is 21.6. The molecule has 293 valence electrons. The van der Waals surface area contributed by atoms with Gasteiger partial charge >= 0.3 is 0 Å². The van der Waals surface area contributed by atoms with E-state index in [0.29, 0.717) is 83.5 Å². The van der Waals surface area contributed by atoms with Crippen LogP contribution in [0.5, 0.6) is 0 Å². The van der Waals surface area contributed by atoms with Crippen LogP contribution < -0.4 is 42.5 Å². The molecule has 8 N–H and O–H groups in total. The molecule has 0 aromatic heterocycles. The number of imide groups is 1. The number of nitrogens with zero attached hydrogens (tertiary/aromatic N) is 1. The van der Waals surface area contributed by atoms with E-state index in [9.17, 15) is 9.59 Å². The molecule has 5 saturated heterocycles. The van der Waals surface area contributed by atoms with Gasteiger partial charge in [-0.1, -0.05) is 57.1 Å². The van der Waals surface area contributed by atoms with Crippen LogP contribution in [0.3, 0.4) is 0 Å². The van der Waals surface area contributed by atoms with Crippen molar-refractivity contribution in [3.63, 3.8) is 0 Å². The van der Waals surface area contributed by atoms with Crippen LogP contribution >= 0.6 is 0 Å². The fourth-order valence-electron chi connectivity index (χ4n) is 14.0. The predicted octanol–water partition coefficient (Wildman–Crippen LogP) is 3.13. The van der Waals surface area contributed by atoms with Crippen LogP contribution in [0.2, 0.25) is 0 Å². The summed E-state index contributed by atoms with van der Waals surface area (Å²) in [5.74, 6) is 4.56. The molecule has 0 spiro atoms. The number of rotatable bonds is 2. The van der Waals surface area contributed by atoms with Gasteiger partial charge in [0, 0.05) is 23.6 Å². The van der Waals surface area contributed by atoms with Gasteiger partial charge in [0.1, 0.15) is 0 Å². The third kappa shape index (κ3) is 6.03. The van der Waals surface area contributed by atoms with E-state index >= 15 is 0 Å². The Kier molecular flexibility index (Phi) is 9.83. The van der Waals surface area contributed by atoms with Gasteiger partial charge in [-0.15, -0.1) is 0 Å². The SMILES string of the molecule is O=C1c2ccccc2C(=O)N1CC1CCCC2C3NC4NC(NC5NC(NC6NC(NC(N3)C12)C1CCCCC61)C1CCCCC51)C1CCCCC41.[Cu]. The summed E-state index contributed by atoms with van der Waals surface area (Å²) in [7, 11) is 0. The summed E-state index contributed by atoms with van der Waals surface area (Å²) in [6.45, 7) is 0.504. The molecule has 17 atom stereocenters. The van der Waals surface area contributed by atoms with E-state index in [2.05, 4.69) is 42.5 Å². The summed E-state index contributed by atoms with van der Waals surface area (Å²) >= 11 is 0. The van der Waals surface area contributed by atoms with Gasteiger partial charge in [-0.05, 0) is 117 Å². The molecule has 4 saturated carbocycles. The Morgan fingerprint density at radius 2 is 0.755 bits per heavy atom. The van der Waals surface area contributed by atoms with E-state index in [-0.39, 0.29) is 65.6 Å². The zero-order valence-corrected chi connectivity index (χ0v) is 31.9. The van der Waals surface area contributed by atoms with Crippen molar-refractivity contribution < 1.29 is 26.7 Å². The van der Waals surface area contributed by atoms with E-state index in [1.54, 1.807) is 4.90 Å². The van der Waals surface area contributed by atoms with Gasteiger partial charge < -0.3 is 0 Å². The molecule has 10 aliphatic rings. The fraction of sp³-hybridized carbons (Fsp3) is 0.805. The molecule has 1 aromatic rings. The number of carbonyl (C=O) groups is 2. The minimum absolute atomic E-state index is 0. The molecule has 4 aliphatic carbocycles. The van der Waals surface area contributed by atoms with Crippen LogP contribution in [0.15, 0.2) is 24.3 Å². The van der Waals surface area contributed by atoms with Crippen LogP contribution in [0, 0.1) is 53.3 Å². The summed E-state index contributed by atoms with van der Waals surface area (Å²) in [6.07, 6.45) is 21.1. The Morgan fingerprint density at radius 1 is 0.434 bits per heavy atom. The molecule has 1 aromatic carbocycles. The Balaban J connectivity index is 0.00000349. The molecule has 11 rings (SSSR count). The van der Waals surface area contributed by atoms with Gasteiger partial charge in [0.2, 0.25) is 0 Å². The Bertz CT molecular complexity index is 1510. The second-order valence-corrected chi connectivity index (χ2v) is 18.7. The standard InChI is InChI=1S/C41H61N9O2.Cu/c51-40-28-17-7-8-18-29(28)41(52)50(40)20-21-10-9-19-30-31(21)39-48-37-27-16-6-5-15-26(27)35(46-37)44-33-23-12-2-1-11-22(23)32(42-33)43-34-24-13-3-4-14-25(24)36(45-34)47-38(30)49-39;/h7-8,17-18,21-27,30-39,42-49H,1-6,9-16,19-20H2;. The van der Waals surface area contributed by atoms with Crippen molar-refractivity contribution in [1.29, 1.82) is 0 Å². The molecule has 6 aliphatic heterocycles. The molecular weight excluding hydrogens is 714 g/mol. The topological polar surface area (TPSA) is 134 Å². The molecule has 1 radical (unpaired) electrons. The molecule has 53 heavy (non-hydrogen) atoms. The summed E-state index contributed by atoms with van der Waals surface area (Å²) in [5.41, 5.74) is 1.13. The first-order chi connectivity index (χ1) is 25.6. The second-order valence-electron chi connectivity index (χ2n) is 18.7. The smallest absolute Gasteiger partial charge is 0.261 e. The van der Waals surface area contributed by atoms with Crippen LogP contribution in [-0.2, 0) is 17.1 Å². The Labute approximate surface area is 325 Å². The largest absolute Gasteiger partial charge is 0.286 e. The first-order valence-electron chi connectivity index (χ1n) is 21.6. The second kappa shape index (κ2) is 14.5. The Morgan fingerprint density at radius 3 is 1.13 bits per heavy atom. The molecule has 2 amide bonds. The normalized spacial score (nSPS) is 48.7. The van der Waals surface area contributed by atoms with Gasteiger partial charge in [-0.25, -0.2) is 0 Å². The zero-order valence-electron chi connectivity index (χ0n) is 31.0. The minimum atomic E-state index is -0.116. The number of amides is 2. The summed E-state index contributed by atoms with van der Waals surface area (Å²) in [4.78, 5) is 28.9. The Hall–Kier alpha value is -1.44. The van der Waals surface area contributed by atoms with E-state index in [4.69, 9.17) is 0 Å². The van der Waals surface area contributed by atoms with Crippen molar-refractivity contribution >= 4 is 11.8 Å². The summed E-state index contributed by atoms with van der Waals surface area (Å²) < 4.78 is 0. The number of benzene rings is 1. The molecule has 11 nitrogen and oxygen atoms in total. The van der Waals surface area contributed by atoms with Gasteiger partial charge in [0.05, 0.1) is 60.5 Å². The first kappa shape index (κ1) is 35.9. The van der Waals surface area contributed by atoms with Crippen molar-refractivity contribution in [3.05, 3.63) is 35.4 Å². The fourth-order valence-corrected chi connectivity index (χ4v) is 14.0. The molecule has 8 bridgehead atoms. The molecule has 9 fully saturated rings. The zero-order chi connectivity index (χ0) is 34.5. The monoisotopic (exact) mass is 774 g/mol. The van der Waals surface area contributed by atoms with Gasteiger partial charge in [-0.3, -0.25) is 57.0 Å². The van der Waals surface area contributed by atoms with Crippen LogP contribution in [0.25, 0.3) is 0 Å². The minimum Gasteiger partial charge on any atom is -0.286 e. The van der Waals surface area contributed by atoms with Crippen LogP contribution in [0.1, 0.15) is 117 Å². The number of nitrogens with one attached hydrogen (secondary N) is 8. The average Bonchev–Trinajstić information content (AvgIpc) is 3.96. The van der Waals surface area contributed by atoms with E-state index < -0.39 is 0 Å². The van der Waals surface area contributed by atoms with Crippen LogP contribution in [-0.4, -0.2) is 72.6 Å². The maximum Gasteiger partial charge on any atom is 0.261 e. The molecule has 6 heterocycles. The number of fused-ring (bicyclic) bond motifs is 21. The van der Waals surface area contributed by atoms with E-state index in [1.807, 2.05) is 24.3 Å². The third-order valence-electron chi connectivity index (χ3n) is 16.3. The van der Waals surface area contributed by atoms with Crippen molar-refractivity contribution in [3.8, 4) is 0 Å². The maximum atomic E-state index is 13.6. The molecule has 17 unspecified atom stereocenters. The van der Waals surface area contributed by atoms with Crippen molar-refractivity contribution in [2.75, 3.05) is 6.54 Å².